The Kier molecular flexibility index (Phi) is 6.99. The van der Waals surface area contributed by atoms with E-state index in [1.165, 1.54) is 5.56 Å². The highest BCUT2D eigenvalue weighted by Crippen LogP contribution is 2.25. The van der Waals surface area contributed by atoms with Crippen LogP contribution >= 0.6 is 0 Å². The third-order valence-corrected chi connectivity index (χ3v) is 4.81. The summed E-state index contributed by atoms with van der Waals surface area (Å²) in [5, 5.41) is 2.83. The molecule has 0 bridgehead atoms. The molecule has 0 saturated heterocycles. The van der Waals surface area contributed by atoms with Gasteiger partial charge >= 0.3 is 0 Å². The maximum atomic E-state index is 12.0. The Morgan fingerprint density at radius 3 is 2.48 bits per heavy atom. The van der Waals surface area contributed by atoms with Gasteiger partial charge in [-0.1, -0.05) is 30.4 Å². The normalized spacial score (nSPS) is 16.1. The molecule has 27 heavy (non-hydrogen) atoms. The van der Waals surface area contributed by atoms with Crippen LogP contribution in [0.3, 0.4) is 0 Å². The second-order valence-corrected chi connectivity index (χ2v) is 7.18. The molecular formula is C22H29N3O2. The van der Waals surface area contributed by atoms with Gasteiger partial charge in [-0.15, -0.1) is 0 Å². The first-order chi connectivity index (χ1) is 12.8. The lowest BCUT2D eigenvalue weighted by atomic mass is 9.90. The van der Waals surface area contributed by atoms with Crippen LogP contribution in [0.15, 0.2) is 53.8 Å². The van der Waals surface area contributed by atoms with E-state index in [1.54, 1.807) is 0 Å². The summed E-state index contributed by atoms with van der Waals surface area (Å²) in [6.07, 6.45) is 5.38. The van der Waals surface area contributed by atoms with E-state index in [0.717, 1.165) is 34.5 Å². The Balaban J connectivity index is 1.78. The lowest BCUT2D eigenvalue weighted by Gasteiger charge is -2.21. The highest BCUT2D eigenvalue weighted by molar-refractivity contribution is 5.93. The molecule has 2 rings (SSSR count). The molecule has 5 heteroatoms. The molecule has 0 radical (unpaired) electrons. The summed E-state index contributed by atoms with van der Waals surface area (Å²) in [5.74, 6) is -0.128. The van der Waals surface area contributed by atoms with Gasteiger partial charge in [0.2, 0.25) is 11.8 Å². The fourth-order valence-electron chi connectivity index (χ4n) is 2.77. The first kappa shape index (κ1) is 20.5. The Bertz CT molecular complexity index is 806. The van der Waals surface area contributed by atoms with Crippen molar-refractivity contribution >= 4 is 17.5 Å². The monoisotopic (exact) mass is 367 g/mol. The first-order valence-corrected chi connectivity index (χ1v) is 9.22. The lowest BCUT2D eigenvalue weighted by molar-refractivity contribution is -0.124. The smallest absolute Gasteiger partial charge is 0.238 e. The van der Waals surface area contributed by atoms with Crippen molar-refractivity contribution in [1.82, 2.24) is 10.9 Å². The van der Waals surface area contributed by atoms with Gasteiger partial charge in [0.05, 0.1) is 5.70 Å². The summed E-state index contributed by atoms with van der Waals surface area (Å²) >= 11 is 0. The largest absolute Gasteiger partial charge is 0.326 e. The third-order valence-electron chi connectivity index (χ3n) is 4.81. The highest BCUT2D eigenvalue weighted by Gasteiger charge is 2.14. The molecule has 1 aliphatic carbocycles. The Morgan fingerprint density at radius 2 is 1.81 bits per heavy atom. The highest BCUT2D eigenvalue weighted by atomic mass is 16.2. The number of benzene rings is 1. The minimum atomic E-state index is -0.226. The molecule has 1 aromatic rings. The summed E-state index contributed by atoms with van der Waals surface area (Å²) < 4.78 is 0. The molecule has 5 nitrogen and oxygen atoms in total. The van der Waals surface area contributed by atoms with Crippen molar-refractivity contribution in [3.05, 3.63) is 64.9 Å². The lowest BCUT2D eigenvalue weighted by Crippen LogP contribution is -2.38. The second kappa shape index (κ2) is 9.21. The number of carbonyl (C=O) groups excluding carboxylic acids is 2. The van der Waals surface area contributed by atoms with Gasteiger partial charge < -0.3 is 5.32 Å². The molecule has 0 saturated carbocycles. The molecule has 0 unspecified atom stereocenters. The predicted octanol–water partition coefficient (Wildman–Crippen LogP) is 4.07. The number of amides is 2. The van der Waals surface area contributed by atoms with Crippen LogP contribution in [0.1, 0.15) is 44.2 Å². The summed E-state index contributed by atoms with van der Waals surface area (Å²) in [6.45, 7) is 12.0. The van der Waals surface area contributed by atoms with Crippen LogP contribution in [0, 0.1) is 19.8 Å². The molecule has 3 N–H and O–H groups in total. The Hall–Kier alpha value is -2.82. The van der Waals surface area contributed by atoms with Gasteiger partial charge in [0, 0.05) is 24.4 Å². The molecule has 0 fully saturated rings. The number of anilines is 1. The number of aryl methyl sites for hydroxylation is 2. The number of carbonyl (C=O) groups is 2. The van der Waals surface area contributed by atoms with E-state index < -0.39 is 0 Å². The van der Waals surface area contributed by atoms with Gasteiger partial charge in [0.15, 0.2) is 0 Å². The van der Waals surface area contributed by atoms with Crippen molar-refractivity contribution in [2.24, 2.45) is 5.92 Å². The number of hydrogen-bond donors (Lipinski definition) is 3. The average molecular weight is 367 g/mol. The number of hydrogen-bond acceptors (Lipinski definition) is 3. The van der Waals surface area contributed by atoms with E-state index in [1.807, 2.05) is 45.9 Å². The molecule has 0 aliphatic heterocycles. The zero-order chi connectivity index (χ0) is 20.0. The van der Waals surface area contributed by atoms with Gasteiger partial charge in [-0.25, -0.2) is 0 Å². The van der Waals surface area contributed by atoms with Crippen molar-refractivity contribution in [1.29, 1.82) is 0 Å². The van der Waals surface area contributed by atoms with Crippen molar-refractivity contribution < 1.29 is 9.59 Å². The molecule has 1 aliphatic rings. The van der Waals surface area contributed by atoms with Gasteiger partial charge in [0.1, 0.15) is 0 Å². The minimum absolute atomic E-state index is 0.115. The standard InChI is InChI=1S/C22H29N3O2/c1-14(2)18-8-6-16(4)20(13-18)24-25-22(27)11-10-21(26)23-19-9-7-15(3)17(5)12-19/h6-7,9,12-13,18,24H,1,8,10-11H2,2-5H3,(H,23,26)(H,25,27)/t18-/m1/s1. The van der Waals surface area contributed by atoms with Crippen LogP contribution in [0.2, 0.25) is 0 Å². The fourth-order valence-corrected chi connectivity index (χ4v) is 2.77. The van der Waals surface area contributed by atoms with Crippen LogP contribution < -0.4 is 16.2 Å². The molecule has 2 amide bonds. The van der Waals surface area contributed by atoms with Crippen molar-refractivity contribution in [3.8, 4) is 0 Å². The quantitative estimate of drug-likeness (QED) is 0.503. The summed E-state index contributed by atoms with van der Waals surface area (Å²) in [5.41, 5.74) is 11.7. The van der Waals surface area contributed by atoms with Gasteiger partial charge in [-0.3, -0.25) is 20.4 Å². The Labute approximate surface area is 161 Å². The second-order valence-electron chi connectivity index (χ2n) is 7.18. The van der Waals surface area contributed by atoms with Crippen LogP contribution in [0.5, 0.6) is 0 Å². The van der Waals surface area contributed by atoms with Gasteiger partial charge in [0.25, 0.3) is 0 Å². The molecule has 0 aromatic heterocycles. The van der Waals surface area contributed by atoms with Crippen LogP contribution in [0.4, 0.5) is 5.69 Å². The molecule has 0 heterocycles. The third kappa shape index (κ3) is 6.13. The van der Waals surface area contributed by atoms with Gasteiger partial charge in [-0.05, 0) is 62.9 Å². The molecular weight excluding hydrogens is 338 g/mol. The van der Waals surface area contributed by atoms with Crippen LogP contribution in [-0.2, 0) is 9.59 Å². The average Bonchev–Trinajstić information content (AvgIpc) is 2.62. The van der Waals surface area contributed by atoms with Crippen molar-refractivity contribution in [2.75, 3.05) is 5.32 Å². The Morgan fingerprint density at radius 1 is 1.11 bits per heavy atom. The summed E-state index contributed by atoms with van der Waals surface area (Å²) in [6, 6.07) is 5.76. The maximum Gasteiger partial charge on any atom is 0.238 e. The van der Waals surface area contributed by atoms with Crippen molar-refractivity contribution in [3.63, 3.8) is 0 Å². The molecule has 1 aromatic carbocycles. The predicted molar refractivity (Wildman–Crippen MR) is 110 cm³/mol. The SMILES string of the molecule is C=C(C)[C@H]1C=C(NNC(=O)CCC(=O)Nc2ccc(C)c(C)c2)C(C)=CC1. The fraction of sp³-hybridized carbons (Fsp3) is 0.364. The number of rotatable bonds is 7. The zero-order valence-electron chi connectivity index (χ0n) is 16.6. The van der Waals surface area contributed by atoms with Crippen LogP contribution in [-0.4, -0.2) is 11.8 Å². The zero-order valence-corrected chi connectivity index (χ0v) is 16.6. The van der Waals surface area contributed by atoms with Gasteiger partial charge in [-0.2, -0.15) is 0 Å². The maximum absolute atomic E-state index is 12.0. The van der Waals surface area contributed by atoms with E-state index in [4.69, 9.17) is 0 Å². The minimum Gasteiger partial charge on any atom is -0.326 e. The number of nitrogens with one attached hydrogen (secondary N) is 3. The topological polar surface area (TPSA) is 70.2 Å². The van der Waals surface area contributed by atoms with Crippen molar-refractivity contribution in [2.45, 2.75) is 47.0 Å². The molecule has 0 spiro atoms. The molecule has 144 valence electrons. The van der Waals surface area contributed by atoms with E-state index in [2.05, 4.69) is 34.9 Å². The summed E-state index contributed by atoms with van der Waals surface area (Å²) in [4.78, 5) is 24.1. The van der Waals surface area contributed by atoms with Crippen LogP contribution in [0.25, 0.3) is 0 Å². The first-order valence-electron chi connectivity index (χ1n) is 9.22. The van der Waals surface area contributed by atoms with E-state index in [9.17, 15) is 9.59 Å². The number of hydrazine groups is 1. The van der Waals surface area contributed by atoms with E-state index >= 15 is 0 Å². The van der Waals surface area contributed by atoms with E-state index in [-0.39, 0.29) is 30.6 Å². The molecule has 1 atom stereocenters. The number of allylic oxidation sites excluding steroid dienone is 4. The van der Waals surface area contributed by atoms with E-state index in [0.29, 0.717) is 0 Å². The summed E-state index contributed by atoms with van der Waals surface area (Å²) in [7, 11) is 0.